The fourth-order valence-electron chi connectivity index (χ4n) is 1.15. The van der Waals surface area contributed by atoms with Gasteiger partial charge in [0.2, 0.25) is 0 Å². The summed E-state index contributed by atoms with van der Waals surface area (Å²) in [6.45, 7) is 5.94. The molecule has 60 valence electrons. The maximum absolute atomic E-state index is 10.9. The molecule has 0 aromatic carbocycles. The summed E-state index contributed by atoms with van der Waals surface area (Å²) in [5.74, 6) is 0.691. The van der Waals surface area contributed by atoms with Gasteiger partial charge < -0.3 is 0 Å². The lowest BCUT2D eigenvalue weighted by atomic mass is 9.96. The number of hydrogen-bond donors (Lipinski definition) is 0. The highest BCUT2D eigenvalue weighted by atomic mass is 16.1. The molecule has 0 saturated carbocycles. The SMILES string of the molecule is CCCC[C@H](CC)C(C)=O. The van der Waals surface area contributed by atoms with Gasteiger partial charge in [0.05, 0.1) is 0 Å². The predicted molar refractivity (Wildman–Crippen MR) is 44.0 cm³/mol. The molecule has 1 heteroatoms. The Bertz CT molecular complexity index is 96.9. The fraction of sp³-hybridized carbons (Fsp3) is 0.889. The highest BCUT2D eigenvalue weighted by molar-refractivity contribution is 5.78. The predicted octanol–water partition coefficient (Wildman–Crippen LogP) is 2.79. The molecule has 1 atom stereocenters. The van der Waals surface area contributed by atoms with Crippen molar-refractivity contribution in [1.29, 1.82) is 0 Å². The van der Waals surface area contributed by atoms with Crippen LogP contribution in [-0.4, -0.2) is 5.78 Å². The maximum atomic E-state index is 10.9. The van der Waals surface area contributed by atoms with Gasteiger partial charge >= 0.3 is 0 Å². The Hall–Kier alpha value is -0.330. The van der Waals surface area contributed by atoms with Gasteiger partial charge in [0.25, 0.3) is 0 Å². The Morgan fingerprint density at radius 2 is 2.00 bits per heavy atom. The van der Waals surface area contributed by atoms with E-state index in [2.05, 4.69) is 13.8 Å². The Kier molecular flexibility index (Phi) is 5.27. The van der Waals surface area contributed by atoms with E-state index in [1.165, 1.54) is 12.8 Å². The Morgan fingerprint density at radius 1 is 1.40 bits per heavy atom. The highest BCUT2D eigenvalue weighted by Crippen LogP contribution is 2.12. The van der Waals surface area contributed by atoms with E-state index in [9.17, 15) is 4.79 Å². The molecule has 0 fully saturated rings. The number of hydrogen-bond acceptors (Lipinski definition) is 1. The lowest BCUT2D eigenvalue weighted by Gasteiger charge is -2.08. The molecule has 0 saturated heterocycles. The van der Waals surface area contributed by atoms with Gasteiger partial charge in [-0.2, -0.15) is 0 Å². The molecular weight excluding hydrogens is 124 g/mol. The van der Waals surface area contributed by atoms with Gasteiger partial charge in [-0.3, -0.25) is 4.79 Å². The van der Waals surface area contributed by atoms with Gasteiger partial charge in [0.15, 0.2) is 0 Å². The molecule has 0 spiro atoms. The van der Waals surface area contributed by atoms with Crippen molar-refractivity contribution in [3.05, 3.63) is 0 Å². The van der Waals surface area contributed by atoms with E-state index in [1.54, 1.807) is 6.92 Å². The van der Waals surface area contributed by atoms with Gasteiger partial charge in [-0.15, -0.1) is 0 Å². The molecule has 0 heterocycles. The van der Waals surface area contributed by atoms with Gasteiger partial charge in [-0.25, -0.2) is 0 Å². The van der Waals surface area contributed by atoms with Gasteiger partial charge in [-0.1, -0.05) is 26.7 Å². The standard InChI is InChI=1S/C9H18O/c1-4-6-7-9(5-2)8(3)10/h9H,4-7H2,1-3H3/t9-/m0/s1. The van der Waals surface area contributed by atoms with Crippen LogP contribution >= 0.6 is 0 Å². The molecule has 0 aromatic heterocycles. The number of carbonyl (C=O) groups is 1. The quantitative estimate of drug-likeness (QED) is 0.577. The van der Waals surface area contributed by atoms with Crippen molar-refractivity contribution in [2.75, 3.05) is 0 Å². The van der Waals surface area contributed by atoms with Crippen LogP contribution in [-0.2, 0) is 4.79 Å². The van der Waals surface area contributed by atoms with Crippen molar-refractivity contribution >= 4 is 5.78 Å². The molecule has 0 amide bonds. The average molecular weight is 142 g/mol. The Balaban J connectivity index is 3.50. The zero-order valence-corrected chi connectivity index (χ0v) is 7.31. The normalized spacial score (nSPS) is 13.1. The van der Waals surface area contributed by atoms with Crippen molar-refractivity contribution in [2.45, 2.75) is 46.5 Å². The molecule has 0 aliphatic carbocycles. The lowest BCUT2D eigenvalue weighted by Crippen LogP contribution is -2.08. The van der Waals surface area contributed by atoms with Crippen LogP contribution in [0.25, 0.3) is 0 Å². The number of carbonyl (C=O) groups excluding carboxylic acids is 1. The van der Waals surface area contributed by atoms with Crippen molar-refractivity contribution in [2.24, 2.45) is 5.92 Å². The summed E-state index contributed by atoms with van der Waals surface area (Å²) < 4.78 is 0. The summed E-state index contributed by atoms with van der Waals surface area (Å²) in [5.41, 5.74) is 0. The molecule has 0 rings (SSSR count). The minimum Gasteiger partial charge on any atom is -0.300 e. The van der Waals surface area contributed by atoms with Gasteiger partial charge in [-0.05, 0) is 19.8 Å². The van der Waals surface area contributed by atoms with Crippen LogP contribution in [0.3, 0.4) is 0 Å². The van der Waals surface area contributed by atoms with Crippen LogP contribution in [0.15, 0.2) is 0 Å². The molecule has 0 unspecified atom stereocenters. The minimum absolute atomic E-state index is 0.333. The van der Waals surface area contributed by atoms with Crippen LogP contribution < -0.4 is 0 Å². The van der Waals surface area contributed by atoms with Crippen molar-refractivity contribution < 1.29 is 4.79 Å². The molecule has 0 aliphatic heterocycles. The van der Waals surface area contributed by atoms with E-state index in [1.807, 2.05) is 0 Å². The number of Topliss-reactive ketones (excluding diaryl/α,β-unsaturated/α-hetero) is 1. The summed E-state index contributed by atoms with van der Waals surface area (Å²) in [5, 5.41) is 0. The number of ketones is 1. The lowest BCUT2D eigenvalue weighted by molar-refractivity contribution is -0.121. The van der Waals surface area contributed by atoms with E-state index in [0.29, 0.717) is 11.7 Å². The summed E-state index contributed by atoms with van der Waals surface area (Å²) in [6, 6.07) is 0. The minimum atomic E-state index is 0.333. The molecule has 1 nitrogen and oxygen atoms in total. The van der Waals surface area contributed by atoms with Crippen LogP contribution in [0, 0.1) is 5.92 Å². The third-order valence-corrected chi connectivity index (χ3v) is 1.97. The first-order valence-corrected chi connectivity index (χ1v) is 4.22. The highest BCUT2D eigenvalue weighted by Gasteiger charge is 2.09. The molecule has 0 N–H and O–H groups in total. The number of rotatable bonds is 5. The maximum Gasteiger partial charge on any atom is 0.132 e. The zero-order chi connectivity index (χ0) is 7.98. The van der Waals surface area contributed by atoms with Crippen molar-refractivity contribution in [3.8, 4) is 0 Å². The topological polar surface area (TPSA) is 17.1 Å². The van der Waals surface area contributed by atoms with Gasteiger partial charge in [0, 0.05) is 5.92 Å². The summed E-state index contributed by atoms with van der Waals surface area (Å²) in [6.07, 6.45) is 4.49. The first-order valence-electron chi connectivity index (χ1n) is 4.22. The number of unbranched alkanes of at least 4 members (excludes halogenated alkanes) is 1. The first-order chi connectivity index (χ1) is 4.72. The molecular formula is C9H18O. The second kappa shape index (κ2) is 5.45. The zero-order valence-electron chi connectivity index (χ0n) is 7.31. The van der Waals surface area contributed by atoms with Crippen LogP contribution in [0.5, 0.6) is 0 Å². The molecule has 0 radical (unpaired) electrons. The molecule has 0 bridgehead atoms. The van der Waals surface area contributed by atoms with E-state index in [4.69, 9.17) is 0 Å². The smallest absolute Gasteiger partial charge is 0.132 e. The summed E-state index contributed by atoms with van der Waals surface area (Å²) in [4.78, 5) is 10.9. The van der Waals surface area contributed by atoms with Crippen LogP contribution in [0.4, 0.5) is 0 Å². The third kappa shape index (κ3) is 3.65. The van der Waals surface area contributed by atoms with Gasteiger partial charge in [0.1, 0.15) is 5.78 Å². The first kappa shape index (κ1) is 9.67. The van der Waals surface area contributed by atoms with Crippen molar-refractivity contribution in [3.63, 3.8) is 0 Å². The monoisotopic (exact) mass is 142 g/mol. The van der Waals surface area contributed by atoms with E-state index in [0.717, 1.165) is 12.8 Å². The van der Waals surface area contributed by atoms with Crippen molar-refractivity contribution in [1.82, 2.24) is 0 Å². The largest absolute Gasteiger partial charge is 0.300 e. The van der Waals surface area contributed by atoms with Crippen LogP contribution in [0.1, 0.15) is 46.5 Å². The Morgan fingerprint density at radius 3 is 2.30 bits per heavy atom. The van der Waals surface area contributed by atoms with E-state index < -0.39 is 0 Å². The molecule has 0 aliphatic rings. The summed E-state index contributed by atoms with van der Waals surface area (Å²) >= 11 is 0. The second-order valence-corrected chi connectivity index (χ2v) is 2.86. The molecule has 0 aromatic rings. The third-order valence-electron chi connectivity index (χ3n) is 1.97. The van der Waals surface area contributed by atoms with E-state index >= 15 is 0 Å². The van der Waals surface area contributed by atoms with Crippen LogP contribution in [0.2, 0.25) is 0 Å². The summed E-state index contributed by atoms with van der Waals surface area (Å²) in [7, 11) is 0. The fourth-order valence-corrected chi connectivity index (χ4v) is 1.15. The second-order valence-electron chi connectivity index (χ2n) is 2.86. The Labute approximate surface area is 63.8 Å². The molecule has 10 heavy (non-hydrogen) atoms. The average Bonchev–Trinajstić information content (AvgIpc) is 1.89. The van der Waals surface area contributed by atoms with E-state index in [-0.39, 0.29) is 0 Å².